The fraction of sp³-hybridized carbons (Fsp3) is 0.538. The lowest BCUT2D eigenvalue weighted by molar-refractivity contribution is 0.425. The molecule has 2 nitrogen and oxygen atoms in total. The van der Waals surface area contributed by atoms with E-state index in [0.717, 1.165) is 34.4 Å². The highest BCUT2D eigenvalue weighted by Crippen LogP contribution is 2.33. The van der Waals surface area contributed by atoms with Crippen LogP contribution in [0.3, 0.4) is 0 Å². The van der Waals surface area contributed by atoms with E-state index in [-0.39, 0.29) is 0 Å². The summed E-state index contributed by atoms with van der Waals surface area (Å²) in [7, 11) is 0. The van der Waals surface area contributed by atoms with Crippen LogP contribution in [0.4, 0.5) is 5.69 Å². The molecule has 1 N–H and O–H groups in total. The first-order chi connectivity index (χ1) is 7.99. The number of rotatable bonds is 1. The molecule has 1 aromatic rings. The third-order valence-corrected chi connectivity index (χ3v) is 4.01. The Morgan fingerprint density at radius 3 is 2.65 bits per heavy atom. The Morgan fingerprint density at radius 2 is 1.94 bits per heavy atom. The Kier molecular flexibility index (Phi) is 3.86. The minimum atomic E-state index is 0.433. The number of piperazine rings is 1. The minimum absolute atomic E-state index is 0.433. The molecule has 0 bridgehead atoms. The van der Waals surface area contributed by atoms with Gasteiger partial charge in [0, 0.05) is 30.2 Å². The van der Waals surface area contributed by atoms with Crippen LogP contribution < -0.4 is 10.2 Å². The first kappa shape index (κ1) is 13.0. The van der Waals surface area contributed by atoms with Crippen molar-refractivity contribution in [1.82, 2.24) is 5.32 Å². The normalized spacial score (nSPS) is 25.1. The van der Waals surface area contributed by atoms with Crippen molar-refractivity contribution in [2.24, 2.45) is 0 Å². The van der Waals surface area contributed by atoms with Gasteiger partial charge in [-0.25, -0.2) is 0 Å². The van der Waals surface area contributed by atoms with Crippen molar-refractivity contribution in [3.63, 3.8) is 0 Å². The van der Waals surface area contributed by atoms with Gasteiger partial charge < -0.3 is 10.2 Å². The van der Waals surface area contributed by atoms with Crippen LogP contribution in [0.25, 0.3) is 0 Å². The molecule has 0 aliphatic carbocycles. The van der Waals surface area contributed by atoms with Crippen molar-refractivity contribution in [3.05, 3.63) is 27.7 Å². The fourth-order valence-electron chi connectivity index (χ4n) is 2.21. The van der Waals surface area contributed by atoms with Crippen molar-refractivity contribution >= 4 is 28.9 Å². The van der Waals surface area contributed by atoms with Crippen molar-refractivity contribution in [1.29, 1.82) is 0 Å². The summed E-state index contributed by atoms with van der Waals surface area (Å²) in [4.78, 5) is 2.33. The van der Waals surface area contributed by atoms with E-state index < -0.39 is 0 Å². The minimum Gasteiger partial charge on any atom is -0.365 e. The Labute approximate surface area is 113 Å². The second-order valence-corrected chi connectivity index (χ2v) is 5.68. The van der Waals surface area contributed by atoms with Crippen LogP contribution >= 0.6 is 23.2 Å². The molecular weight excluding hydrogens is 255 g/mol. The molecule has 1 aromatic carbocycles. The Hall–Kier alpha value is -0.440. The molecule has 1 aliphatic heterocycles. The lowest BCUT2D eigenvalue weighted by atomic mass is 10.1. The van der Waals surface area contributed by atoms with Crippen LogP contribution in [0.2, 0.25) is 10.0 Å². The van der Waals surface area contributed by atoms with Gasteiger partial charge in [0.05, 0.1) is 10.7 Å². The van der Waals surface area contributed by atoms with Crippen molar-refractivity contribution in [2.45, 2.75) is 32.9 Å². The third kappa shape index (κ3) is 2.70. The fourth-order valence-corrected chi connectivity index (χ4v) is 2.70. The maximum Gasteiger partial charge on any atom is 0.0643 e. The van der Waals surface area contributed by atoms with E-state index in [9.17, 15) is 0 Å². The molecule has 1 aliphatic rings. The van der Waals surface area contributed by atoms with Gasteiger partial charge in [-0.05, 0) is 38.5 Å². The van der Waals surface area contributed by atoms with Gasteiger partial charge in [-0.2, -0.15) is 0 Å². The van der Waals surface area contributed by atoms with E-state index in [2.05, 4.69) is 24.1 Å². The Morgan fingerprint density at radius 1 is 1.24 bits per heavy atom. The summed E-state index contributed by atoms with van der Waals surface area (Å²) in [5, 5.41) is 5.02. The molecule has 0 saturated carbocycles. The largest absolute Gasteiger partial charge is 0.365 e. The van der Waals surface area contributed by atoms with Gasteiger partial charge in [0.15, 0.2) is 0 Å². The number of hydrogen-bond donors (Lipinski definition) is 1. The first-order valence-corrected chi connectivity index (χ1v) is 6.70. The Balaban J connectivity index is 2.35. The van der Waals surface area contributed by atoms with E-state index in [1.54, 1.807) is 0 Å². The number of nitrogens with zero attached hydrogens (tertiary/aromatic N) is 1. The predicted octanol–water partition coefficient (Wildman–Crippen LogP) is 3.49. The molecule has 1 saturated heterocycles. The molecule has 1 fully saturated rings. The number of hydrogen-bond acceptors (Lipinski definition) is 2. The van der Waals surface area contributed by atoms with Crippen LogP contribution in [-0.4, -0.2) is 25.2 Å². The van der Waals surface area contributed by atoms with Crippen LogP contribution in [0.15, 0.2) is 12.1 Å². The summed E-state index contributed by atoms with van der Waals surface area (Å²) in [6.07, 6.45) is 0. The smallest absolute Gasteiger partial charge is 0.0643 e. The number of aryl methyl sites for hydroxylation is 1. The van der Waals surface area contributed by atoms with Gasteiger partial charge in [0.1, 0.15) is 0 Å². The molecule has 0 amide bonds. The summed E-state index contributed by atoms with van der Waals surface area (Å²) in [5.41, 5.74) is 2.07. The van der Waals surface area contributed by atoms with E-state index >= 15 is 0 Å². The average molecular weight is 273 g/mol. The van der Waals surface area contributed by atoms with Crippen LogP contribution in [0.5, 0.6) is 0 Å². The number of nitrogens with one attached hydrogen (secondary N) is 1. The van der Waals surface area contributed by atoms with Gasteiger partial charge in [0.2, 0.25) is 0 Å². The maximum atomic E-state index is 6.33. The zero-order valence-corrected chi connectivity index (χ0v) is 11.9. The van der Waals surface area contributed by atoms with E-state index in [4.69, 9.17) is 23.2 Å². The van der Waals surface area contributed by atoms with E-state index in [0.29, 0.717) is 12.1 Å². The second kappa shape index (κ2) is 5.05. The molecule has 0 aromatic heterocycles. The SMILES string of the molecule is Cc1cc(Cl)c(N2CC(C)NCC2C)cc1Cl. The molecule has 2 rings (SSSR count). The third-order valence-electron chi connectivity index (χ3n) is 3.30. The highest BCUT2D eigenvalue weighted by Gasteiger charge is 2.24. The zero-order valence-electron chi connectivity index (χ0n) is 10.4. The van der Waals surface area contributed by atoms with Crippen LogP contribution in [-0.2, 0) is 0 Å². The van der Waals surface area contributed by atoms with Crippen molar-refractivity contribution in [3.8, 4) is 0 Å². The molecular formula is C13H18Cl2N2. The summed E-state index contributed by atoms with van der Waals surface area (Å²) >= 11 is 12.5. The molecule has 0 spiro atoms. The second-order valence-electron chi connectivity index (χ2n) is 4.86. The summed E-state index contributed by atoms with van der Waals surface area (Å²) < 4.78 is 0. The summed E-state index contributed by atoms with van der Waals surface area (Å²) in [6, 6.07) is 4.83. The number of halogens is 2. The average Bonchev–Trinajstić information content (AvgIpc) is 2.27. The highest BCUT2D eigenvalue weighted by atomic mass is 35.5. The number of benzene rings is 1. The predicted molar refractivity (Wildman–Crippen MR) is 75.5 cm³/mol. The maximum absolute atomic E-state index is 6.33. The standard InChI is InChI=1S/C13H18Cl2N2/c1-8-4-12(15)13(5-11(8)14)17-7-9(2)16-6-10(17)3/h4-5,9-10,16H,6-7H2,1-3H3. The van der Waals surface area contributed by atoms with Gasteiger partial charge in [0.25, 0.3) is 0 Å². The molecule has 2 unspecified atom stereocenters. The van der Waals surface area contributed by atoms with E-state index in [1.165, 1.54) is 0 Å². The van der Waals surface area contributed by atoms with Gasteiger partial charge >= 0.3 is 0 Å². The quantitative estimate of drug-likeness (QED) is 0.842. The molecule has 2 atom stereocenters. The lowest BCUT2D eigenvalue weighted by Gasteiger charge is -2.39. The summed E-state index contributed by atoms with van der Waals surface area (Å²) in [6.45, 7) is 8.29. The molecule has 17 heavy (non-hydrogen) atoms. The summed E-state index contributed by atoms with van der Waals surface area (Å²) in [5.74, 6) is 0. The van der Waals surface area contributed by atoms with Crippen LogP contribution in [0, 0.1) is 6.92 Å². The highest BCUT2D eigenvalue weighted by molar-refractivity contribution is 6.35. The zero-order chi connectivity index (χ0) is 12.6. The molecule has 1 heterocycles. The number of anilines is 1. The van der Waals surface area contributed by atoms with Gasteiger partial charge in [-0.3, -0.25) is 0 Å². The van der Waals surface area contributed by atoms with Crippen molar-refractivity contribution < 1.29 is 0 Å². The van der Waals surface area contributed by atoms with E-state index in [1.807, 2.05) is 19.1 Å². The van der Waals surface area contributed by atoms with Crippen molar-refractivity contribution in [2.75, 3.05) is 18.0 Å². The molecule has 94 valence electrons. The molecule has 0 radical (unpaired) electrons. The topological polar surface area (TPSA) is 15.3 Å². The van der Waals surface area contributed by atoms with Gasteiger partial charge in [-0.1, -0.05) is 23.2 Å². The van der Waals surface area contributed by atoms with Gasteiger partial charge in [-0.15, -0.1) is 0 Å². The van der Waals surface area contributed by atoms with Crippen LogP contribution in [0.1, 0.15) is 19.4 Å². The first-order valence-electron chi connectivity index (χ1n) is 5.94. The monoisotopic (exact) mass is 272 g/mol. The molecule has 4 heteroatoms. The Bertz CT molecular complexity index is 420. The lowest BCUT2D eigenvalue weighted by Crippen LogP contribution is -2.54.